The molecule has 4 nitrogen and oxygen atoms in total. The van der Waals surface area contributed by atoms with Crippen LogP contribution in [0, 0.1) is 5.92 Å². The van der Waals surface area contributed by atoms with Gasteiger partial charge in [-0.15, -0.1) is 0 Å². The second-order valence-electron chi connectivity index (χ2n) is 4.44. The lowest BCUT2D eigenvalue weighted by Gasteiger charge is -2.31. The highest BCUT2D eigenvalue weighted by molar-refractivity contribution is 5.54. The van der Waals surface area contributed by atoms with E-state index in [1.807, 2.05) is 12.1 Å². The number of nitrogens with two attached hydrogens (primary N) is 1. The Morgan fingerprint density at radius 3 is 2.69 bits per heavy atom. The molecular weight excluding hydrogens is 202 g/mol. The fraction of sp³-hybridized carbons (Fsp3) is 0.583. The lowest BCUT2D eigenvalue weighted by Crippen LogP contribution is -2.33. The van der Waals surface area contributed by atoms with Crippen molar-refractivity contribution < 1.29 is 4.74 Å². The number of hydrogen-bond acceptors (Lipinski definition) is 4. The summed E-state index contributed by atoms with van der Waals surface area (Å²) in [6.45, 7) is 4.44. The monoisotopic (exact) mass is 221 g/mol. The predicted octanol–water partition coefficient (Wildman–Crippen LogP) is 1.91. The molecule has 2 N–H and O–H groups in total. The van der Waals surface area contributed by atoms with Crippen molar-refractivity contribution in [1.29, 1.82) is 0 Å². The van der Waals surface area contributed by atoms with Gasteiger partial charge in [0.15, 0.2) is 0 Å². The molecule has 1 aliphatic rings. The standard InChI is InChI=1S/C12H19N3O/c1-9-5-7-15(8-6-9)11-4-3-10(13)12(14-11)16-2/h3-4,9H,5-8,13H2,1-2H3. The van der Waals surface area contributed by atoms with Gasteiger partial charge in [0.25, 0.3) is 0 Å². The van der Waals surface area contributed by atoms with E-state index in [2.05, 4.69) is 16.8 Å². The van der Waals surface area contributed by atoms with Crippen LogP contribution in [0.5, 0.6) is 5.88 Å². The molecule has 2 rings (SSSR count). The van der Waals surface area contributed by atoms with E-state index >= 15 is 0 Å². The normalized spacial score (nSPS) is 17.5. The van der Waals surface area contributed by atoms with Gasteiger partial charge >= 0.3 is 0 Å². The lowest BCUT2D eigenvalue weighted by molar-refractivity contribution is 0.397. The summed E-state index contributed by atoms with van der Waals surface area (Å²) in [5, 5.41) is 0. The number of piperidine rings is 1. The molecule has 1 aromatic heterocycles. The van der Waals surface area contributed by atoms with Gasteiger partial charge in [-0.05, 0) is 30.9 Å². The first kappa shape index (κ1) is 11.0. The summed E-state index contributed by atoms with van der Waals surface area (Å²) in [7, 11) is 1.60. The van der Waals surface area contributed by atoms with Crippen molar-refractivity contribution in [3.63, 3.8) is 0 Å². The summed E-state index contributed by atoms with van der Waals surface area (Å²) in [6.07, 6.45) is 2.46. The first-order chi connectivity index (χ1) is 7.70. The van der Waals surface area contributed by atoms with E-state index < -0.39 is 0 Å². The van der Waals surface area contributed by atoms with Crippen molar-refractivity contribution in [3.8, 4) is 5.88 Å². The Labute approximate surface area is 96.4 Å². The number of hydrogen-bond donors (Lipinski definition) is 1. The van der Waals surface area contributed by atoms with Gasteiger partial charge in [-0.3, -0.25) is 0 Å². The third-order valence-corrected chi connectivity index (χ3v) is 3.18. The molecule has 1 aliphatic heterocycles. The average Bonchev–Trinajstić information content (AvgIpc) is 2.31. The van der Waals surface area contributed by atoms with Crippen LogP contribution in [-0.4, -0.2) is 25.2 Å². The quantitative estimate of drug-likeness (QED) is 0.828. The maximum absolute atomic E-state index is 5.75. The molecule has 0 bridgehead atoms. The van der Waals surface area contributed by atoms with Crippen LogP contribution in [0.4, 0.5) is 11.5 Å². The van der Waals surface area contributed by atoms with Crippen LogP contribution in [-0.2, 0) is 0 Å². The molecule has 0 aromatic carbocycles. The highest BCUT2D eigenvalue weighted by atomic mass is 16.5. The predicted molar refractivity (Wildman–Crippen MR) is 65.8 cm³/mol. The minimum absolute atomic E-state index is 0.524. The number of methoxy groups -OCH3 is 1. The maximum Gasteiger partial charge on any atom is 0.238 e. The summed E-state index contributed by atoms with van der Waals surface area (Å²) in [4.78, 5) is 6.71. The largest absolute Gasteiger partial charge is 0.479 e. The van der Waals surface area contributed by atoms with Crippen LogP contribution in [0.3, 0.4) is 0 Å². The van der Waals surface area contributed by atoms with Crippen molar-refractivity contribution >= 4 is 11.5 Å². The van der Waals surface area contributed by atoms with Gasteiger partial charge in [0.2, 0.25) is 5.88 Å². The first-order valence-corrected chi connectivity index (χ1v) is 5.76. The zero-order valence-corrected chi connectivity index (χ0v) is 9.94. The lowest BCUT2D eigenvalue weighted by atomic mass is 9.99. The molecule has 1 saturated heterocycles. The van der Waals surface area contributed by atoms with Crippen LogP contribution < -0.4 is 15.4 Å². The van der Waals surface area contributed by atoms with E-state index in [1.165, 1.54) is 12.8 Å². The molecule has 0 atom stereocenters. The number of anilines is 2. The molecule has 16 heavy (non-hydrogen) atoms. The summed E-state index contributed by atoms with van der Waals surface area (Å²) < 4.78 is 5.13. The summed E-state index contributed by atoms with van der Waals surface area (Å²) in [6, 6.07) is 3.83. The van der Waals surface area contributed by atoms with Gasteiger partial charge in [-0.2, -0.15) is 4.98 Å². The Balaban J connectivity index is 2.14. The smallest absolute Gasteiger partial charge is 0.238 e. The molecule has 4 heteroatoms. The Hall–Kier alpha value is -1.45. The van der Waals surface area contributed by atoms with Crippen LogP contribution >= 0.6 is 0 Å². The number of pyridine rings is 1. The van der Waals surface area contributed by atoms with Gasteiger partial charge in [0.1, 0.15) is 5.82 Å². The molecule has 0 radical (unpaired) electrons. The number of ether oxygens (including phenoxy) is 1. The topological polar surface area (TPSA) is 51.4 Å². The molecular formula is C12H19N3O. The van der Waals surface area contributed by atoms with E-state index in [0.29, 0.717) is 11.6 Å². The maximum atomic E-state index is 5.75. The van der Waals surface area contributed by atoms with Crippen molar-refractivity contribution in [3.05, 3.63) is 12.1 Å². The minimum atomic E-state index is 0.524. The Kier molecular flexibility index (Phi) is 3.17. The van der Waals surface area contributed by atoms with Gasteiger partial charge in [-0.25, -0.2) is 0 Å². The van der Waals surface area contributed by atoms with Gasteiger partial charge in [-0.1, -0.05) is 6.92 Å². The molecule has 0 amide bonds. The molecule has 88 valence electrons. The zero-order chi connectivity index (χ0) is 11.5. The molecule has 0 spiro atoms. The van der Waals surface area contributed by atoms with Crippen LogP contribution in [0.25, 0.3) is 0 Å². The SMILES string of the molecule is COc1nc(N2CCC(C)CC2)ccc1N. The van der Waals surface area contributed by atoms with Crippen LogP contribution in [0.1, 0.15) is 19.8 Å². The summed E-state index contributed by atoms with van der Waals surface area (Å²) >= 11 is 0. The second-order valence-corrected chi connectivity index (χ2v) is 4.44. The third-order valence-electron chi connectivity index (χ3n) is 3.18. The fourth-order valence-corrected chi connectivity index (χ4v) is 2.02. The third kappa shape index (κ3) is 2.21. The Morgan fingerprint density at radius 1 is 1.38 bits per heavy atom. The molecule has 1 fully saturated rings. The number of rotatable bonds is 2. The van der Waals surface area contributed by atoms with Crippen LogP contribution in [0.15, 0.2) is 12.1 Å². The van der Waals surface area contributed by atoms with Crippen LogP contribution in [0.2, 0.25) is 0 Å². The Morgan fingerprint density at radius 2 is 2.06 bits per heavy atom. The summed E-state index contributed by atoms with van der Waals surface area (Å²) in [5.74, 6) is 2.32. The van der Waals surface area contributed by atoms with E-state index in [0.717, 1.165) is 24.8 Å². The van der Waals surface area contributed by atoms with Gasteiger partial charge < -0.3 is 15.4 Å². The highest BCUT2D eigenvalue weighted by Gasteiger charge is 2.17. The van der Waals surface area contributed by atoms with Crippen molar-refractivity contribution in [2.75, 3.05) is 30.8 Å². The molecule has 1 aromatic rings. The van der Waals surface area contributed by atoms with Crippen molar-refractivity contribution in [1.82, 2.24) is 4.98 Å². The number of nitrogen functional groups attached to an aromatic ring is 1. The van der Waals surface area contributed by atoms with E-state index in [-0.39, 0.29) is 0 Å². The van der Waals surface area contributed by atoms with E-state index in [9.17, 15) is 0 Å². The number of nitrogens with zero attached hydrogens (tertiary/aromatic N) is 2. The van der Waals surface area contributed by atoms with Gasteiger partial charge in [0.05, 0.1) is 12.8 Å². The molecule has 2 heterocycles. The fourth-order valence-electron chi connectivity index (χ4n) is 2.02. The molecule has 0 saturated carbocycles. The van der Waals surface area contributed by atoms with Gasteiger partial charge in [0, 0.05) is 13.1 Å². The Bertz CT molecular complexity index is 359. The van der Waals surface area contributed by atoms with E-state index in [4.69, 9.17) is 10.5 Å². The average molecular weight is 221 g/mol. The number of aromatic nitrogens is 1. The first-order valence-electron chi connectivity index (χ1n) is 5.76. The zero-order valence-electron chi connectivity index (χ0n) is 9.94. The molecule has 0 aliphatic carbocycles. The van der Waals surface area contributed by atoms with Crippen molar-refractivity contribution in [2.45, 2.75) is 19.8 Å². The summed E-state index contributed by atoms with van der Waals surface area (Å²) in [5.41, 5.74) is 6.34. The van der Waals surface area contributed by atoms with E-state index in [1.54, 1.807) is 7.11 Å². The van der Waals surface area contributed by atoms with Crippen molar-refractivity contribution in [2.24, 2.45) is 5.92 Å². The minimum Gasteiger partial charge on any atom is -0.479 e. The highest BCUT2D eigenvalue weighted by Crippen LogP contribution is 2.26. The molecule has 0 unspecified atom stereocenters. The second kappa shape index (κ2) is 4.60.